The molecule has 1 unspecified atom stereocenters. The molecule has 0 fully saturated rings. The van der Waals surface area contributed by atoms with E-state index >= 15 is 0 Å². The molecule has 1 aliphatic heterocycles. The van der Waals surface area contributed by atoms with Gasteiger partial charge in [0, 0.05) is 6.54 Å². The maximum atomic E-state index is 12.2. The predicted molar refractivity (Wildman–Crippen MR) is 74.8 cm³/mol. The molecule has 0 saturated carbocycles. The zero-order valence-electron chi connectivity index (χ0n) is 10.6. The first kappa shape index (κ1) is 15.0. The summed E-state index contributed by atoms with van der Waals surface area (Å²) in [4.78, 5) is 12.2. The molecule has 1 aromatic rings. The van der Waals surface area contributed by atoms with Gasteiger partial charge in [0.2, 0.25) is 0 Å². The summed E-state index contributed by atoms with van der Waals surface area (Å²) < 4.78 is 5.60. The van der Waals surface area contributed by atoms with Crippen molar-refractivity contribution in [1.29, 1.82) is 0 Å². The number of carbonyl (C=O) groups is 1. The van der Waals surface area contributed by atoms with Crippen molar-refractivity contribution >= 4 is 18.2 Å². The number of hydrogen-bond acceptors (Lipinski definition) is 3. The van der Waals surface area contributed by atoms with Gasteiger partial charge >= 0.3 is 0 Å². The third kappa shape index (κ3) is 3.47. The molecule has 18 heavy (non-hydrogen) atoms. The number of Topliss-reactive ketones (excluding diaryl/α,β-unsaturated/α-hetero) is 1. The van der Waals surface area contributed by atoms with Gasteiger partial charge in [-0.3, -0.25) is 4.79 Å². The van der Waals surface area contributed by atoms with Crippen LogP contribution in [0.1, 0.15) is 30.1 Å². The lowest BCUT2D eigenvalue weighted by molar-refractivity contribution is 0.0830. The number of hydrogen-bond donors (Lipinski definition) is 1. The SMILES string of the molecule is CCCCNCC1COc2ccccc2C1=O.Cl. The highest BCUT2D eigenvalue weighted by atomic mass is 35.5. The molecule has 0 aromatic heterocycles. The number of benzene rings is 1. The Morgan fingerprint density at radius 2 is 2.17 bits per heavy atom. The molecule has 0 radical (unpaired) electrons. The Morgan fingerprint density at radius 1 is 1.39 bits per heavy atom. The zero-order valence-corrected chi connectivity index (χ0v) is 11.5. The van der Waals surface area contributed by atoms with Crippen LogP contribution < -0.4 is 10.1 Å². The van der Waals surface area contributed by atoms with Crippen molar-refractivity contribution < 1.29 is 9.53 Å². The quantitative estimate of drug-likeness (QED) is 0.836. The number of carbonyl (C=O) groups excluding carboxylic acids is 1. The van der Waals surface area contributed by atoms with E-state index in [1.54, 1.807) is 0 Å². The number of fused-ring (bicyclic) bond motifs is 1. The predicted octanol–water partition coefficient (Wildman–Crippen LogP) is 2.69. The van der Waals surface area contributed by atoms with E-state index < -0.39 is 0 Å². The molecule has 1 aromatic carbocycles. The van der Waals surface area contributed by atoms with Gasteiger partial charge in [0.25, 0.3) is 0 Å². The summed E-state index contributed by atoms with van der Waals surface area (Å²) >= 11 is 0. The fourth-order valence-electron chi connectivity index (χ4n) is 2.01. The molecular formula is C14H20ClNO2. The zero-order chi connectivity index (χ0) is 12.1. The van der Waals surface area contributed by atoms with E-state index in [0.29, 0.717) is 13.2 Å². The average Bonchev–Trinajstić information content (AvgIpc) is 2.37. The third-order valence-electron chi connectivity index (χ3n) is 3.06. The molecule has 1 atom stereocenters. The average molecular weight is 270 g/mol. The maximum Gasteiger partial charge on any atom is 0.174 e. The van der Waals surface area contributed by atoms with Crippen LogP contribution in [0.15, 0.2) is 24.3 Å². The van der Waals surface area contributed by atoms with Crippen molar-refractivity contribution in [2.45, 2.75) is 19.8 Å². The van der Waals surface area contributed by atoms with Crippen LogP contribution >= 0.6 is 12.4 Å². The lowest BCUT2D eigenvalue weighted by Crippen LogP contribution is -2.36. The first-order chi connectivity index (χ1) is 8.33. The van der Waals surface area contributed by atoms with E-state index in [0.717, 1.165) is 24.3 Å². The van der Waals surface area contributed by atoms with Crippen molar-refractivity contribution in [2.75, 3.05) is 19.7 Å². The van der Waals surface area contributed by atoms with Crippen molar-refractivity contribution in [2.24, 2.45) is 5.92 Å². The Bertz CT molecular complexity index is 395. The Morgan fingerprint density at radius 3 is 2.94 bits per heavy atom. The highest BCUT2D eigenvalue weighted by Gasteiger charge is 2.27. The van der Waals surface area contributed by atoms with Gasteiger partial charge in [0.1, 0.15) is 5.75 Å². The molecule has 4 heteroatoms. The molecule has 100 valence electrons. The van der Waals surface area contributed by atoms with E-state index in [9.17, 15) is 4.79 Å². The summed E-state index contributed by atoms with van der Waals surface area (Å²) in [5.41, 5.74) is 0.723. The largest absolute Gasteiger partial charge is 0.492 e. The third-order valence-corrected chi connectivity index (χ3v) is 3.06. The lowest BCUT2D eigenvalue weighted by Gasteiger charge is -2.24. The minimum atomic E-state index is -0.0400. The first-order valence-corrected chi connectivity index (χ1v) is 6.29. The monoisotopic (exact) mass is 269 g/mol. The second kappa shape index (κ2) is 7.39. The molecule has 0 aliphatic carbocycles. The van der Waals surface area contributed by atoms with E-state index in [1.165, 1.54) is 6.42 Å². The van der Waals surface area contributed by atoms with Crippen LogP contribution in [0.25, 0.3) is 0 Å². The van der Waals surface area contributed by atoms with E-state index in [4.69, 9.17) is 4.74 Å². The van der Waals surface area contributed by atoms with E-state index in [1.807, 2.05) is 24.3 Å². The topological polar surface area (TPSA) is 38.3 Å². The Hall–Kier alpha value is -1.06. The van der Waals surface area contributed by atoms with Gasteiger partial charge in [-0.25, -0.2) is 0 Å². The lowest BCUT2D eigenvalue weighted by atomic mass is 9.95. The van der Waals surface area contributed by atoms with Gasteiger partial charge in [0.05, 0.1) is 18.1 Å². The second-order valence-corrected chi connectivity index (χ2v) is 4.43. The minimum absolute atomic E-state index is 0. The van der Waals surface area contributed by atoms with Crippen LogP contribution in [-0.2, 0) is 0 Å². The summed E-state index contributed by atoms with van der Waals surface area (Å²) in [7, 11) is 0. The molecule has 0 bridgehead atoms. The Labute approximate surface area is 114 Å². The van der Waals surface area contributed by atoms with E-state index in [-0.39, 0.29) is 24.1 Å². The van der Waals surface area contributed by atoms with Gasteiger partial charge in [-0.05, 0) is 25.1 Å². The van der Waals surface area contributed by atoms with Gasteiger partial charge in [0.15, 0.2) is 5.78 Å². The Balaban J connectivity index is 0.00000162. The molecule has 1 heterocycles. The molecular weight excluding hydrogens is 250 g/mol. The summed E-state index contributed by atoms with van der Waals surface area (Å²) in [5.74, 6) is 0.889. The number of ether oxygens (including phenoxy) is 1. The number of unbranched alkanes of at least 4 members (excludes halogenated alkanes) is 1. The van der Waals surface area contributed by atoms with Gasteiger partial charge in [-0.2, -0.15) is 0 Å². The highest BCUT2D eigenvalue weighted by molar-refractivity contribution is 6.01. The summed E-state index contributed by atoms with van der Waals surface area (Å²) in [5, 5.41) is 3.32. The fraction of sp³-hybridized carbons (Fsp3) is 0.500. The van der Waals surface area contributed by atoms with Crippen LogP contribution in [-0.4, -0.2) is 25.5 Å². The molecule has 3 nitrogen and oxygen atoms in total. The standard InChI is InChI=1S/C14H19NO2.ClH/c1-2-3-8-15-9-11-10-17-13-7-5-4-6-12(13)14(11)16;/h4-7,11,15H,2-3,8-10H2,1H3;1H. The first-order valence-electron chi connectivity index (χ1n) is 6.29. The van der Waals surface area contributed by atoms with Crippen molar-refractivity contribution in [3.63, 3.8) is 0 Å². The number of rotatable bonds is 5. The normalized spacial score (nSPS) is 17.6. The van der Waals surface area contributed by atoms with Crippen molar-refractivity contribution in [3.05, 3.63) is 29.8 Å². The summed E-state index contributed by atoms with van der Waals surface area (Å²) in [6.07, 6.45) is 2.32. The molecule has 0 saturated heterocycles. The number of ketones is 1. The fourth-order valence-corrected chi connectivity index (χ4v) is 2.01. The van der Waals surface area contributed by atoms with E-state index in [2.05, 4.69) is 12.2 Å². The van der Waals surface area contributed by atoms with Gasteiger partial charge in [-0.1, -0.05) is 25.5 Å². The van der Waals surface area contributed by atoms with Crippen LogP contribution in [0.5, 0.6) is 5.75 Å². The van der Waals surface area contributed by atoms with Crippen molar-refractivity contribution in [1.82, 2.24) is 5.32 Å². The summed E-state index contributed by atoms with van der Waals surface area (Å²) in [6.45, 7) is 4.34. The number of nitrogens with one attached hydrogen (secondary N) is 1. The van der Waals surface area contributed by atoms with Crippen LogP contribution in [0.2, 0.25) is 0 Å². The number of para-hydroxylation sites is 1. The molecule has 0 amide bonds. The number of halogens is 1. The van der Waals surface area contributed by atoms with Crippen molar-refractivity contribution in [3.8, 4) is 5.75 Å². The van der Waals surface area contributed by atoms with Gasteiger partial charge in [-0.15, -0.1) is 12.4 Å². The van der Waals surface area contributed by atoms with Gasteiger partial charge < -0.3 is 10.1 Å². The molecule has 1 N–H and O–H groups in total. The van der Waals surface area contributed by atoms with Crippen LogP contribution in [0.3, 0.4) is 0 Å². The molecule has 2 rings (SSSR count). The second-order valence-electron chi connectivity index (χ2n) is 4.43. The molecule has 0 spiro atoms. The van der Waals surface area contributed by atoms with Crippen LogP contribution in [0.4, 0.5) is 0 Å². The maximum absolute atomic E-state index is 12.2. The molecule has 1 aliphatic rings. The smallest absolute Gasteiger partial charge is 0.174 e. The Kier molecular flexibility index (Phi) is 6.16. The minimum Gasteiger partial charge on any atom is -0.492 e. The summed E-state index contributed by atoms with van der Waals surface area (Å²) in [6, 6.07) is 7.47. The van der Waals surface area contributed by atoms with Crippen LogP contribution in [0, 0.1) is 5.92 Å². The highest BCUT2D eigenvalue weighted by Crippen LogP contribution is 2.26.